The van der Waals surface area contributed by atoms with Crippen molar-refractivity contribution in [2.75, 3.05) is 14.2 Å². The number of aryl methyl sites for hydroxylation is 1. The molecule has 128 valence electrons. The maximum atomic E-state index is 10.7. The average Bonchev–Trinajstić information content (AvgIpc) is 2.54. The maximum absolute atomic E-state index is 10.7. The van der Waals surface area contributed by atoms with Gasteiger partial charge < -0.3 is 9.47 Å². The summed E-state index contributed by atoms with van der Waals surface area (Å²) in [5.41, 5.74) is 1.28. The summed E-state index contributed by atoms with van der Waals surface area (Å²) in [7, 11) is -1.66. The molecule has 7 nitrogen and oxygen atoms in total. The van der Waals surface area contributed by atoms with Gasteiger partial charge in [0.2, 0.25) is 0 Å². The van der Waals surface area contributed by atoms with Crippen LogP contribution in [0.15, 0.2) is 55.8 Å². The fourth-order valence-corrected chi connectivity index (χ4v) is 2.97. The minimum Gasteiger partial charge on any atom is -0.495 e. The molecule has 2 rings (SSSR count). The van der Waals surface area contributed by atoms with Crippen LogP contribution in [0.5, 0.6) is 11.5 Å². The van der Waals surface area contributed by atoms with E-state index in [4.69, 9.17) is 14.0 Å². The zero-order valence-corrected chi connectivity index (χ0v) is 14.9. The Hall–Kier alpha value is -2.10. The molecule has 0 saturated heterocycles. The molecule has 1 N–H and O–H groups in total. The standard InChI is InChI=1S/C15H16N2O5S2/c1-10-4-6-11(7-5-10)23-15-9-13(21-2)12(8-14(15)22-3)16-17-24(18,19)20/h4-9H,1-3H3,(H,18,19,20). The highest BCUT2D eigenvalue weighted by Crippen LogP contribution is 2.42. The molecule has 0 unspecified atom stereocenters. The number of nitrogens with zero attached hydrogens (tertiary/aromatic N) is 2. The van der Waals surface area contributed by atoms with Crippen LogP contribution in [-0.4, -0.2) is 27.2 Å². The summed E-state index contributed by atoms with van der Waals surface area (Å²) in [4.78, 5) is 1.78. The molecule has 0 amide bonds. The van der Waals surface area contributed by atoms with Gasteiger partial charge in [0, 0.05) is 17.0 Å². The van der Waals surface area contributed by atoms with E-state index in [9.17, 15) is 8.42 Å². The van der Waals surface area contributed by atoms with Crippen molar-refractivity contribution >= 4 is 27.8 Å². The van der Waals surface area contributed by atoms with Crippen LogP contribution in [-0.2, 0) is 10.3 Å². The van der Waals surface area contributed by atoms with Crippen molar-refractivity contribution in [1.29, 1.82) is 0 Å². The van der Waals surface area contributed by atoms with Crippen molar-refractivity contribution in [2.24, 2.45) is 9.63 Å². The van der Waals surface area contributed by atoms with Gasteiger partial charge in [-0.25, -0.2) is 0 Å². The number of rotatable bonds is 6. The highest BCUT2D eigenvalue weighted by Gasteiger charge is 2.13. The third-order valence-corrected chi connectivity index (χ3v) is 4.30. The second-order valence-corrected chi connectivity index (χ2v) is 6.89. The van der Waals surface area contributed by atoms with E-state index in [2.05, 4.69) is 9.63 Å². The topological polar surface area (TPSA) is 97.5 Å². The predicted octanol–water partition coefficient (Wildman–Crippen LogP) is 4.05. The van der Waals surface area contributed by atoms with Gasteiger partial charge >= 0.3 is 10.3 Å². The third-order valence-electron chi connectivity index (χ3n) is 2.97. The molecule has 0 fully saturated rings. The molecule has 0 saturated carbocycles. The summed E-state index contributed by atoms with van der Waals surface area (Å²) in [6, 6.07) is 11.1. The minimum absolute atomic E-state index is 0.125. The SMILES string of the molecule is COc1cc(Sc2ccc(C)cc2)c(OC)cc1N=NS(=O)(=O)O. The molecular formula is C15H16N2O5S2. The van der Waals surface area contributed by atoms with Crippen LogP contribution in [0.3, 0.4) is 0 Å². The number of hydrogen-bond donors (Lipinski definition) is 1. The van der Waals surface area contributed by atoms with Crippen LogP contribution >= 0.6 is 11.8 Å². The first-order valence-corrected chi connectivity index (χ1v) is 8.94. The van der Waals surface area contributed by atoms with E-state index in [0.29, 0.717) is 11.5 Å². The lowest BCUT2D eigenvalue weighted by molar-refractivity contribution is 0.395. The molecule has 24 heavy (non-hydrogen) atoms. The molecule has 0 atom stereocenters. The first-order chi connectivity index (χ1) is 11.3. The lowest BCUT2D eigenvalue weighted by Gasteiger charge is -2.12. The number of hydrogen-bond acceptors (Lipinski definition) is 6. The van der Waals surface area contributed by atoms with Crippen LogP contribution < -0.4 is 9.47 Å². The fourth-order valence-electron chi connectivity index (χ4n) is 1.84. The Kier molecular flexibility index (Phi) is 5.81. The quantitative estimate of drug-likeness (QED) is 0.610. The molecule has 0 heterocycles. The Morgan fingerprint density at radius 2 is 1.67 bits per heavy atom. The maximum Gasteiger partial charge on any atom is 0.396 e. The third kappa shape index (κ3) is 4.95. The van der Waals surface area contributed by atoms with E-state index >= 15 is 0 Å². The Morgan fingerprint density at radius 1 is 1.04 bits per heavy atom. The summed E-state index contributed by atoms with van der Waals surface area (Å²) < 4.78 is 43.5. The molecule has 0 aliphatic carbocycles. The van der Waals surface area contributed by atoms with Crippen LogP contribution in [0, 0.1) is 6.92 Å². The van der Waals surface area contributed by atoms with Gasteiger partial charge in [-0.05, 0) is 23.6 Å². The summed E-state index contributed by atoms with van der Waals surface area (Å²) in [6.07, 6.45) is 0. The minimum atomic E-state index is -4.57. The Morgan fingerprint density at radius 3 is 2.21 bits per heavy atom. The van der Waals surface area contributed by atoms with E-state index in [1.807, 2.05) is 31.2 Å². The van der Waals surface area contributed by atoms with E-state index in [-0.39, 0.29) is 5.69 Å². The van der Waals surface area contributed by atoms with Crippen molar-refractivity contribution in [1.82, 2.24) is 0 Å². The van der Waals surface area contributed by atoms with Crippen molar-refractivity contribution < 1.29 is 22.4 Å². The molecule has 2 aromatic carbocycles. The monoisotopic (exact) mass is 368 g/mol. The molecule has 9 heteroatoms. The highest BCUT2D eigenvalue weighted by molar-refractivity contribution is 7.99. The van der Waals surface area contributed by atoms with Gasteiger partial charge in [0.25, 0.3) is 0 Å². The molecule has 0 spiro atoms. The van der Waals surface area contributed by atoms with Crippen LogP contribution in [0.2, 0.25) is 0 Å². The van der Waals surface area contributed by atoms with Gasteiger partial charge in [0.15, 0.2) is 0 Å². The Bertz CT molecular complexity index is 849. The first kappa shape index (κ1) is 18.2. The molecule has 0 aliphatic rings. The van der Waals surface area contributed by atoms with Gasteiger partial charge in [-0.3, -0.25) is 4.55 Å². The molecule has 2 aromatic rings. The normalized spacial score (nSPS) is 11.7. The Labute approximate surface area is 144 Å². The largest absolute Gasteiger partial charge is 0.495 e. The van der Waals surface area contributed by atoms with Crippen molar-refractivity contribution in [3.05, 3.63) is 42.0 Å². The lowest BCUT2D eigenvalue weighted by atomic mass is 10.2. The van der Waals surface area contributed by atoms with Crippen LogP contribution in [0.1, 0.15) is 5.56 Å². The first-order valence-electron chi connectivity index (χ1n) is 6.73. The van der Waals surface area contributed by atoms with Gasteiger partial charge in [0.1, 0.15) is 17.2 Å². The van der Waals surface area contributed by atoms with Gasteiger partial charge in [0.05, 0.1) is 19.1 Å². The highest BCUT2D eigenvalue weighted by atomic mass is 32.2. The van der Waals surface area contributed by atoms with Gasteiger partial charge in [-0.2, -0.15) is 8.42 Å². The van der Waals surface area contributed by atoms with E-state index < -0.39 is 10.3 Å². The van der Waals surface area contributed by atoms with Crippen LogP contribution in [0.4, 0.5) is 5.69 Å². The average molecular weight is 368 g/mol. The summed E-state index contributed by atoms with van der Waals surface area (Å²) in [5.74, 6) is 0.781. The molecule has 0 bridgehead atoms. The zero-order chi connectivity index (χ0) is 17.7. The zero-order valence-electron chi connectivity index (χ0n) is 13.3. The van der Waals surface area contributed by atoms with E-state index in [0.717, 1.165) is 15.4 Å². The molecule has 0 aliphatic heterocycles. The van der Waals surface area contributed by atoms with E-state index in [1.165, 1.54) is 32.0 Å². The second-order valence-electron chi connectivity index (χ2n) is 4.72. The van der Waals surface area contributed by atoms with Crippen LogP contribution in [0.25, 0.3) is 0 Å². The fraction of sp³-hybridized carbons (Fsp3) is 0.200. The van der Waals surface area contributed by atoms with Crippen molar-refractivity contribution in [2.45, 2.75) is 16.7 Å². The smallest absolute Gasteiger partial charge is 0.396 e. The number of ether oxygens (including phenoxy) is 2. The molecule has 0 radical (unpaired) electrons. The summed E-state index contributed by atoms with van der Waals surface area (Å²) in [5, 5.41) is 3.49. The van der Waals surface area contributed by atoms with Gasteiger partial charge in [-0.15, -0.1) is 5.11 Å². The second kappa shape index (κ2) is 7.65. The van der Waals surface area contributed by atoms with E-state index in [1.54, 1.807) is 6.07 Å². The number of benzene rings is 2. The Balaban J connectivity index is 2.42. The van der Waals surface area contributed by atoms with Gasteiger partial charge in [-0.1, -0.05) is 29.5 Å². The summed E-state index contributed by atoms with van der Waals surface area (Å²) >= 11 is 1.46. The predicted molar refractivity (Wildman–Crippen MR) is 90.9 cm³/mol. The summed E-state index contributed by atoms with van der Waals surface area (Å²) in [6.45, 7) is 2.01. The lowest BCUT2D eigenvalue weighted by Crippen LogP contribution is -1.92. The number of methoxy groups -OCH3 is 2. The van der Waals surface area contributed by atoms with Crippen molar-refractivity contribution in [3.8, 4) is 11.5 Å². The van der Waals surface area contributed by atoms with Crippen molar-refractivity contribution in [3.63, 3.8) is 0 Å². The molecule has 0 aromatic heterocycles. The molecular weight excluding hydrogens is 352 g/mol.